The smallest absolute Gasteiger partial charge is 0.106 e. The fourth-order valence-corrected chi connectivity index (χ4v) is 2.81. The van der Waals surface area contributed by atoms with Gasteiger partial charge in [-0.25, -0.2) is 0 Å². The van der Waals surface area contributed by atoms with Crippen LogP contribution in [0.1, 0.15) is 11.1 Å². The molecule has 0 saturated carbocycles. The van der Waals surface area contributed by atoms with E-state index in [1.165, 1.54) is 0 Å². The van der Waals surface area contributed by atoms with Gasteiger partial charge in [0.2, 0.25) is 0 Å². The van der Waals surface area contributed by atoms with Crippen LogP contribution in [0.15, 0.2) is 48.5 Å². The van der Waals surface area contributed by atoms with Crippen LogP contribution in [0.25, 0.3) is 0 Å². The van der Waals surface area contributed by atoms with E-state index in [1.54, 1.807) is 24.3 Å². The molecule has 0 unspecified atom stereocenters. The number of hydrogen-bond acceptors (Lipinski definition) is 0. The molecular weight excluding hydrogens is 345 g/mol. The van der Waals surface area contributed by atoms with Crippen LogP contribution in [0.5, 0.6) is 0 Å². The highest BCUT2D eigenvalue weighted by Gasteiger charge is 2.38. The molecule has 0 nitrogen and oxygen atoms in total. The first-order valence-corrected chi connectivity index (χ1v) is 7.44. The lowest BCUT2D eigenvalue weighted by molar-refractivity contribution is 0.791. The highest BCUT2D eigenvalue weighted by Crippen LogP contribution is 2.44. The summed E-state index contributed by atoms with van der Waals surface area (Å²) in [5.74, 6) is 0. The summed E-state index contributed by atoms with van der Waals surface area (Å²) in [5, 5.41) is 1.25. The average Bonchev–Trinajstić information content (AvgIpc) is 2.39. The van der Waals surface area contributed by atoms with Gasteiger partial charge in [0.05, 0.1) is 0 Å². The Labute approximate surface area is 137 Å². The van der Waals surface area contributed by atoms with Crippen molar-refractivity contribution in [3.05, 3.63) is 69.7 Å². The maximum atomic E-state index is 6.68. The van der Waals surface area contributed by atoms with Crippen LogP contribution in [0.2, 0.25) is 10.0 Å². The largest absolute Gasteiger partial charge is 0.135 e. The normalized spacial score (nSPS) is 11.9. The van der Waals surface area contributed by atoms with Crippen LogP contribution in [0.3, 0.4) is 0 Å². The van der Waals surface area contributed by atoms with Crippen LogP contribution < -0.4 is 0 Å². The quantitative estimate of drug-likeness (QED) is 0.569. The number of hydrogen-bond donors (Lipinski definition) is 0. The zero-order valence-corrected chi connectivity index (χ0v) is 13.4. The third-order valence-corrected chi connectivity index (χ3v) is 4.87. The molecule has 0 amide bonds. The Morgan fingerprint density at radius 3 is 1.26 bits per heavy atom. The molecule has 0 atom stereocenters. The highest BCUT2D eigenvalue weighted by molar-refractivity contribution is 6.50. The number of halogens is 5. The Morgan fingerprint density at radius 2 is 1.00 bits per heavy atom. The van der Waals surface area contributed by atoms with Gasteiger partial charge in [0, 0.05) is 10.0 Å². The lowest BCUT2D eigenvalue weighted by Gasteiger charge is -2.29. The van der Waals surface area contributed by atoms with Crippen LogP contribution in [0.4, 0.5) is 0 Å². The predicted octanol–water partition coefficient (Wildman–Crippen LogP) is 6.28. The van der Waals surface area contributed by atoms with Crippen molar-refractivity contribution in [1.29, 1.82) is 0 Å². The van der Waals surface area contributed by atoms with E-state index in [9.17, 15) is 0 Å². The van der Waals surface area contributed by atoms with E-state index in [2.05, 4.69) is 0 Å². The maximum absolute atomic E-state index is 6.68. The third-order valence-electron chi connectivity index (χ3n) is 2.83. The predicted molar refractivity (Wildman–Crippen MR) is 85.0 cm³/mol. The molecule has 2 aromatic carbocycles. The summed E-state index contributed by atoms with van der Waals surface area (Å²) < 4.78 is 0. The molecule has 100 valence electrons. The van der Waals surface area contributed by atoms with E-state index >= 15 is 0 Å². The molecular formula is C14H9Cl5. The molecule has 2 aromatic rings. The van der Waals surface area contributed by atoms with Crippen molar-refractivity contribution in [2.75, 3.05) is 0 Å². The first-order valence-electron chi connectivity index (χ1n) is 5.43. The molecule has 2 rings (SSSR count). The highest BCUT2D eigenvalue weighted by atomic mass is 35.5. The molecule has 19 heavy (non-hydrogen) atoms. The molecule has 0 aliphatic heterocycles. The molecule has 0 N–H and O–H groups in total. The molecule has 0 radical (unpaired) electrons. The fourth-order valence-electron chi connectivity index (χ4n) is 1.80. The molecule has 0 aliphatic carbocycles. The SMILES string of the molecule is Clc1ccc(C(Cl)(c2ccc(Cl)cc2)C(Cl)Cl)cc1. The van der Waals surface area contributed by atoms with Gasteiger partial charge in [0.1, 0.15) is 9.71 Å². The summed E-state index contributed by atoms with van der Waals surface area (Å²) in [6.07, 6.45) is 0. The van der Waals surface area contributed by atoms with E-state index in [-0.39, 0.29) is 0 Å². The van der Waals surface area contributed by atoms with Gasteiger partial charge < -0.3 is 0 Å². The summed E-state index contributed by atoms with van der Waals surface area (Å²) in [6.45, 7) is 0. The lowest BCUT2D eigenvalue weighted by atomic mass is 9.92. The van der Waals surface area contributed by atoms with Gasteiger partial charge in [-0.05, 0) is 35.4 Å². The number of rotatable bonds is 3. The Bertz CT molecular complexity index is 500. The first-order chi connectivity index (χ1) is 8.94. The van der Waals surface area contributed by atoms with Gasteiger partial charge in [-0.3, -0.25) is 0 Å². The Kier molecular flexibility index (Phi) is 4.92. The summed E-state index contributed by atoms with van der Waals surface area (Å²) in [4.78, 5) is -1.87. The van der Waals surface area contributed by atoms with Gasteiger partial charge in [-0.1, -0.05) is 47.5 Å². The molecule has 5 heteroatoms. The maximum Gasteiger partial charge on any atom is 0.135 e. The summed E-state index contributed by atoms with van der Waals surface area (Å²) in [6, 6.07) is 14.2. The van der Waals surface area contributed by atoms with Gasteiger partial charge in [0.15, 0.2) is 0 Å². The summed E-state index contributed by atoms with van der Waals surface area (Å²) >= 11 is 30.6. The second-order valence-electron chi connectivity index (χ2n) is 4.03. The van der Waals surface area contributed by atoms with Gasteiger partial charge >= 0.3 is 0 Å². The van der Waals surface area contributed by atoms with Crippen molar-refractivity contribution < 1.29 is 0 Å². The first kappa shape index (κ1) is 15.3. The van der Waals surface area contributed by atoms with E-state index in [1.807, 2.05) is 24.3 Å². The van der Waals surface area contributed by atoms with Crippen LogP contribution in [-0.2, 0) is 4.87 Å². The minimum Gasteiger partial charge on any atom is -0.106 e. The fraction of sp³-hybridized carbons (Fsp3) is 0.143. The van der Waals surface area contributed by atoms with Crippen molar-refractivity contribution in [2.24, 2.45) is 0 Å². The van der Waals surface area contributed by atoms with Crippen molar-refractivity contribution in [1.82, 2.24) is 0 Å². The van der Waals surface area contributed by atoms with E-state index in [4.69, 9.17) is 58.0 Å². The van der Waals surface area contributed by atoms with Gasteiger partial charge in [-0.2, -0.15) is 0 Å². The number of alkyl halides is 3. The molecule has 0 heterocycles. The minimum absolute atomic E-state index is 0.625. The minimum atomic E-state index is -1.04. The monoisotopic (exact) mass is 352 g/mol. The van der Waals surface area contributed by atoms with Crippen LogP contribution in [-0.4, -0.2) is 4.84 Å². The summed E-state index contributed by atoms with van der Waals surface area (Å²) in [5.41, 5.74) is 1.55. The van der Waals surface area contributed by atoms with E-state index < -0.39 is 9.71 Å². The zero-order valence-electron chi connectivity index (χ0n) is 9.59. The van der Waals surface area contributed by atoms with Gasteiger partial charge in [0.25, 0.3) is 0 Å². The summed E-state index contributed by atoms with van der Waals surface area (Å²) in [7, 11) is 0. The molecule has 0 saturated heterocycles. The standard InChI is InChI=1S/C14H9Cl5/c15-11-5-1-9(2-6-11)14(19,13(17)18)10-3-7-12(16)8-4-10/h1-8,13H. The van der Waals surface area contributed by atoms with Crippen LogP contribution in [0, 0.1) is 0 Å². The third kappa shape index (κ3) is 3.15. The topological polar surface area (TPSA) is 0 Å². The van der Waals surface area contributed by atoms with E-state index in [0.29, 0.717) is 10.0 Å². The Morgan fingerprint density at radius 1 is 0.684 bits per heavy atom. The lowest BCUT2D eigenvalue weighted by Crippen LogP contribution is -2.28. The molecule has 0 aliphatic rings. The van der Waals surface area contributed by atoms with Crippen molar-refractivity contribution in [3.63, 3.8) is 0 Å². The molecule has 0 spiro atoms. The molecule has 0 bridgehead atoms. The second kappa shape index (κ2) is 6.11. The Hall–Kier alpha value is -0.110. The number of benzene rings is 2. The Balaban J connectivity index is 2.54. The zero-order chi connectivity index (χ0) is 14.0. The second-order valence-corrected chi connectivity index (χ2v) is 6.59. The van der Waals surface area contributed by atoms with E-state index in [0.717, 1.165) is 11.1 Å². The molecule has 0 aromatic heterocycles. The van der Waals surface area contributed by atoms with Crippen molar-refractivity contribution in [3.8, 4) is 0 Å². The average molecular weight is 354 g/mol. The van der Waals surface area contributed by atoms with Crippen molar-refractivity contribution >= 4 is 58.0 Å². The molecule has 0 fully saturated rings. The van der Waals surface area contributed by atoms with Gasteiger partial charge in [-0.15, -0.1) is 34.8 Å². The van der Waals surface area contributed by atoms with Crippen LogP contribution >= 0.6 is 58.0 Å². The van der Waals surface area contributed by atoms with Crippen molar-refractivity contribution in [2.45, 2.75) is 9.71 Å².